The molecule has 0 spiro atoms. The van der Waals surface area contributed by atoms with E-state index in [1.165, 1.54) is 0 Å². The number of likely N-dealkylation sites (tertiary alicyclic amines) is 1. The Morgan fingerprint density at radius 1 is 1.07 bits per heavy atom. The monoisotopic (exact) mass is 387 g/mol. The summed E-state index contributed by atoms with van der Waals surface area (Å²) in [5, 5.41) is 12.6. The van der Waals surface area contributed by atoms with E-state index in [0.29, 0.717) is 18.7 Å². The molecule has 3 aromatic rings. The minimum atomic E-state index is -0.869. The second-order valence-electron chi connectivity index (χ2n) is 8.26. The van der Waals surface area contributed by atoms with E-state index in [4.69, 9.17) is 0 Å². The number of pyridine rings is 2. The van der Waals surface area contributed by atoms with Crippen LogP contribution >= 0.6 is 0 Å². The fourth-order valence-electron chi connectivity index (χ4n) is 5.25. The maximum Gasteiger partial charge on any atom is 0.272 e. The maximum absolute atomic E-state index is 13.4. The van der Waals surface area contributed by atoms with E-state index in [1.807, 2.05) is 47.4 Å². The molecule has 3 unspecified atom stereocenters. The molecule has 1 saturated heterocycles. The third kappa shape index (κ3) is 3.10. The van der Waals surface area contributed by atoms with E-state index in [9.17, 15) is 9.90 Å². The number of fused-ring (bicyclic) bond motifs is 2. The van der Waals surface area contributed by atoms with E-state index in [-0.39, 0.29) is 17.9 Å². The molecule has 2 aromatic heterocycles. The first kappa shape index (κ1) is 18.3. The van der Waals surface area contributed by atoms with E-state index in [2.05, 4.69) is 9.97 Å². The number of carbonyl (C=O) groups is 1. The van der Waals surface area contributed by atoms with Gasteiger partial charge in [0.1, 0.15) is 5.69 Å². The van der Waals surface area contributed by atoms with E-state index in [0.717, 1.165) is 42.1 Å². The number of hydrogen-bond acceptors (Lipinski definition) is 4. The minimum Gasteiger partial charge on any atom is -0.385 e. The zero-order valence-electron chi connectivity index (χ0n) is 16.4. The van der Waals surface area contributed by atoms with Gasteiger partial charge in [-0.1, -0.05) is 43.2 Å². The summed E-state index contributed by atoms with van der Waals surface area (Å²) in [4.78, 5) is 24.1. The number of piperidine rings is 1. The Kier molecular flexibility index (Phi) is 4.55. The Morgan fingerprint density at radius 3 is 2.76 bits per heavy atom. The highest BCUT2D eigenvalue weighted by molar-refractivity contribution is 5.95. The third-order valence-electron chi connectivity index (χ3n) is 6.72. The number of hydrogen-bond donors (Lipinski definition) is 1. The lowest BCUT2D eigenvalue weighted by atomic mass is 9.66. The first-order valence-corrected chi connectivity index (χ1v) is 10.5. The molecule has 5 heteroatoms. The molecule has 1 saturated carbocycles. The van der Waals surface area contributed by atoms with Gasteiger partial charge in [0.2, 0.25) is 0 Å². The zero-order chi connectivity index (χ0) is 19.8. The van der Waals surface area contributed by atoms with Crippen LogP contribution in [0.25, 0.3) is 10.9 Å². The van der Waals surface area contributed by atoms with Crippen LogP contribution in [0.1, 0.15) is 48.2 Å². The molecule has 1 aliphatic heterocycles. The number of carbonyl (C=O) groups excluding carboxylic acids is 1. The van der Waals surface area contributed by atoms with Crippen LogP contribution in [0.5, 0.6) is 0 Å². The number of rotatable bonds is 2. The van der Waals surface area contributed by atoms with Crippen LogP contribution < -0.4 is 0 Å². The largest absolute Gasteiger partial charge is 0.385 e. The van der Waals surface area contributed by atoms with E-state index < -0.39 is 5.60 Å². The topological polar surface area (TPSA) is 66.3 Å². The van der Waals surface area contributed by atoms with Crippen molar-refractivity contribution in [1.29, 1.82) is 0 Å². The second-order valence-corrected chi connectivity index (χ2v) is 8.26. The van der Waals surface area contributed by atoms with Crippen LogP contribution in [0.3, 0.4) is 0 Å². The van der Waals surface area contributed by atoms with Crippen molar-refractivity contribution in [3.63, 3.8) is 0 Å². The average Bonchev–Trinajstić information content (AvgIpc) is 2.79. The van der Waals surface area contributed by atoms with Crippen LogP contribution in [0.15, 0.2) is 60.9 Å². The van der Waals surface area contributed by atoms with Crippen LogP contribution in [0.2, 0.25) is 0 Å². The Labute approximate surface area is 170 Å². The summed E-state index contributed by atoms with van der Waals surface area (Å²) < 4.78 is 0. The van der Waals surface area contributed by atoms with Gasteiger partial charge in [-0.25, -0.2) is 4.98 Å². The predicted molar refractivity (Wildman–Crippen MR) is 111 cm³/mol. The highest BCUT2D eigenvalue weighted by Crippen LogP contribution is 2.47. The molecule has 5 nitrogen and oxygen atoms in total. The minimum absolute atomic E-state index is 0.0317. The molecule has 3 atom stereocenters. The Morgan fingerprint density at radius 2 is 1.90 bits per heavy atom. The molecule has 2 aliphatic rings. The highest BCUT2D eigenvalue weighted by Gasteiger charge is 2.50. The molecule has 5 rings (SSSR count). The smallest absolute Gasteiger partial charge is 0.272 e. The molecule has 3 heterocycles. The fourth-order valence-corrected chi connectivity index (χ4v) is 5.25. The summed E-state index contributed by atoms with van der Waals surface area (Å²) in [6.07, 6.45) is 8.07. The second kappa shape index (κ2) is 7.23. The Bertz CT molecular complexity index is 1040. The molecule has 148 valence electrons. The van der Waals surface area contributed by atoms with Gasteiger partial charge in [-0.2, -0.15) is 0 Å². The van der Waals surface area contributed by atoms with Crippen molar-refractivity contribution in [3.05, 3.63) is 72.2 Å². The molecular weight excluding hydrogens is 362 g/mol. The average molecular weight is 387 g/mol. The summed E-state index contributed by atoms with van der Waals surface area (Å²) in [7, 11) is 0. The van der Waals surface area contributed by atoms with Crippen LogP contribution in [0, 0.1) is 5.92 Å². The first-order valence-electron chi connectivity index (χ1n) is 10.5. The molecule has 2 fully saturated rings. The van der Waals surface area contributed by atoms with Gasteiger partial charge in [0.05, 0.1) is 11.1 Å². The third-order valence-corrected chi connectivity index (χ3v) is 6.72. The predicted octanol–water partition coefficient (Wildman–Crippen LogP) is 3.92. The van der Waals surface area contributed by atoms with Gasteiger partial charge in [0, 0.05) is 36.3 Å². The van der Waals surface area contributed by atoms with Gasteiger partial charge in [-0.3, -0.25) is 9.78 Å². The normalized spacial score (nSPS) is 26.9. The number of benzene rings is 1. The zero-order valence-corrected chi connectivity index (χ0v) is 16.4. The van der Waals surface area contributed by atoms with Crippen LogP contribution in [-0.4, -0.2) is 38.5 Å². The number of nitrogens with zero attached hydrogens (tertiary/aromatic N) is 3. The van der Waals surface area contributed by atoms with Gasteiger partial charge in [-0.15, -0.1) is 0 Å². The number of amides is 1. The van der Waals surface area contributed by atoms with Gasteiger partial charge in [-0.05, 0) is 43.0 Å². The quantitative estimate of drug-likeness (QED) is 0.724. The summed E-state index contributed by atoms with van der Waals surface area (Å²) in [5.41, 5.74) is 1.35. The summed E-state index contributed by atoms with van der Waals surface area (Å²) in [6.45, 7) is 0.543. The summed E-state index contributed by atoms with van der Waals surface area (Å²) in [5.74, 6) is 0.0248. The van der Waals surface area contributed by atoms with Gasteiger partial charge >= 0.3 is 0 Å². The molecule has 0 bridgehead atoms. The Hall–Kier alpha value is -2.79. The molecule has 1 aromatic carbocycles. The lowest BCUT2D eigenvalue weighted by Crippen LogP contribution is -2.59. The molecule has 1 aliphatic carbocycles. The maximum atomic E-state index is 13.4. The summed E-state index contributed by atoms with van der Waals surface area (Å²) >= 11 is 0. The lowest BCUT2D eigenvalue weighted by molar-refractivity contribution is -0.110. The van der Waals surface area contributed by atoms with Crippen molar-refractivity contribution < 1.29 is 9.90 Å². The van der Waals surface area contributed by atoms with Crippen molar-refractivity contribution in [2.24, 2.45) is 5.92 Å². The van der Waals surface area contributed by atoms with E-state index >= 15 is 0 Å². The SMILES string of the molecule is O=C(c1ccc2cnccc2n1)N1CCC(O)(c2ccccc2)C2CCCCC21. The standard InChI is InChI=1S/C24H25N3O2/c28-23(21-11-10-17-16-25-14-12-20(17)26-21)27-15-13-24(29,18-6-2-1-3-7-18)19-8-4-5-9-22(19)27/h1-3,6-7,10-12,14,16,19,22,29H,4-5,8-9,13,15H2. The molecule has 1 N–H and O–H groups in total. The number of aliphatic hydroxyl groups is 1. The van der Waals surface area contributed by atoms with Crippen molar-refractivity contribution in [2.45, 2.75) is 43.7 Å². The summed E-state index contributed by atoms with van der Waals surface area (Å²) in [6, 6.07) is 15.6. The van der Waals surface area contributed by atoms with Gasteiger partial charge < -0.3 is 10.0 Å². The van der Waals surface area contributed by atoms with Crippen LogP contribution in [-0.2, 0) is 5.60 Å². The molecule has 29 heavy (non-hydrogen) atoms. The molecule has 0 radical (unpaired) electrons. The fraction of sp³-hybridized carbons (Fsp3) is 0.375. The Balaban J connectivity index is 1.47. The highest BCUT2D eigenvalue weighted by atomic mass is 16.3. The van der Waals surface area contributed by atoms with Crippen molar-refractivity contribution in [3.8, 4) is 0 Å². The molecular formula is C24H25N3O2. The van der Waals surface area contributed by atoms with Crippen LogP contribution in [0.4, 0.5) is 0 Å². The van der Waals surface area contributed by atoms with Crippen molar-refractivity contribution in [2.75, 3.05) is 6.54 Å². The van der Waals surface area contributed by atoms with Gasteiger partial charge in [0.15, 0.2) is 0 Å². The molecule has 1 amide bonds. The van der Waals surface area contributed by atoms with Crippen molar-refractivity contribution >= 4 is 16.8 Å². The number of aromatic nitrogens is 2. The van der Waals surface area contributed by atoms with E-state index in [1.54, 1.807) is 18.5 Å². The van der Waals surface area contributed by atoms with Gasteiger partial charge in [0.25, 0.3) is 5.91 Å². The first-order chi connectivity index (χ1) is 14.2. The lowest BCUT2D eigenvalue weighted by Gasteiger charge is -2.52. The van der Waals surface area contributed by atoms with Crippen molar-refractivity contribution in [1.82, 2.24) is 14.9 Å².